The van der Waals surface area contributed by atoms with E-state index in [2.05, 4.69) is 163 Å². The summed E-state index contributed by atoms with van der Waals surface area (Å²) in [6.07, 6.45) is 3.97. The largest absolute Gasteiger partial charge is 0.310 e. The van der Waals surface area contributed by atoms with Crippen LogP contribution >= 0.6 is 0 Å². The van der Waals surface area contributed by atoms with Gasteiger partial charge in [-0.3, -0.25) is 10.8 Å². The third-order valence-corrected chi connectivity index (χ3v) is 10.4. The first-order chi connectivity index (χ1) is 25.0. The van der Waals surface area contributed by atoms with Crippen molar-refractivity contribution >= 4 is 51.0 Å². The Morgan fingerprint density at radius 3 is 2.08 bits per heavy atom. The Morgan fingerprint density at radius 1 is 0.588 bits per heavy atom. The summed E-state index contributed by atoms with van der Waals surface area (Å²) in [6.45, 7) is 4.66. The number of para-hydroxylation sites is 1. The highest BCUT2D eigenvalue weighted by molar-refractivity contribution is 6.55. The van der Waals surface area contributed by atoms with Crippen molar-refractivity contribution in [1.82, 2.24) is 0 Å². The average Bonchev–Trinajstić information content (AvgIpc) is 3.42. The maximum absolute atomic E-state index is 9.23. The number of nitrogens with zero attached hydrogens (tertiary/aromatic N) is 2. The minimum atomic E-state index is -0.115. The Labute approximate surface area is 298 Å². The summed E-state index contributed by atoms with van der Waals surface area (Å²) in [5.74, 6) is 0. The molecule has 4 nitrogen and oxygen atoms in total. The molecule has 0 saturated carbocycles. The highest BCUT2D eigenvalue weighted by Gasteiger charge is 2.37. The van der Waals surface area contributed by atoms with Crippen molar-refractivity contribution in [2.24, 2.45) is 5.10 Å². The first-order valence-corrected chi connectivity index (χ1v) is 17.4. The molecule has 2 aliphatic rings. The Morgan fingerprint density at radius 2 is 1.27 bits per heavy atom. The van der Waals surface area contributed by atoms with Crippen molar-refractivity contribution in [3.8, 4) is 22.3 Å². The van der Waals surface area contributed by atoms with Gasteiger partial charge in [-0.15, -0.1) is 0 Å². The average molecular weight is 657 g/mol. The number of fused-ring (bicyclic) bond motifs is 6. The van der Waals surface area contributed by atoms with E-state index in [0.29, 0.717) is 11.4 Å². The summed E-state index contributed by atoms with van der Waals surface area (Å²) in [6, 6.07) is 55.7. The van der Waals surface area contributed by atoms with Crippen molar-refractivity contribution in [3.63, 3.8) is 0 Å². The molecule has 0 aromatic heterocycles. The molecule has 0 spiro atoms. The van der Waals surface area contributed by atoms with Gasteiger partial charge in [-0.1, -0.05) is 135 Å². The van der Waals surface area contributed by atoms with Crippen LogP contribution in [0.15, 0.2) is 169 Å². The van der Waals surface area contributed by atoms with Crippen LogP contribution in [0.25, 0.3) is 39.1 Å². The number of hydrogen-bond acceptors (Lipinski definition) is 4. The smallest absolute Gasteiger partial charge is 0.109 e. The second-order valence-corrected chi connectivity index (χ2v) is 13.7. The van der Waals surface area contributed by atoms with E-state index in [1.165, 1.54) is 33.4 Å². The molecule has 0 saturated heterocycles. The number of benzene rings is 7. The van der Waals surface area contributed by atoms with Gasteiger partial charge >= 0.3 is 0 Å². The van der Waals surface area contributed by atoms with Crippen LogP contribution in [0.3, 0.4) is 0 Å². The summed E-state index contributed by atoms with van der Waals surface area (Å²) < 4.78 is 0. The predicted molar refractivity (Wildman–Crippen MR) is 215 cm³/mol. The van der Waals surface area contributed by atoms with Gasteiger partial charge in [-0.2, -0.15) is 5.10 Å². The third-order valence-electron chi connectivity index (χ3n) is 10.4. The van der Waals surface area contributed by atoms with Gasteiger partial charge in [0.2, 0.25) is 0 Å². The first kappa shape index (κ1) is 30.5. The highest BCUT2D eigenvalue weighted by atomic mass is 15.3. The van der Waals surface area contributed by atoms with E-state index in [4.69, 9.17) is 0 Å². The van der Waals surface area contributed by atoms with E-state index >= 15 is 0 Å². The zero-order valence-corrected chi connectivity index (χ0v) is 28.6. The van der Waals surface area contributed by atoms with Crippen LogP contribution in [0, 0.1) is 5.41 Å². The Bertz CT molecular complexity index is 2530. The molecule has 0 atom stereocenters. The molecule has 0 radical (unpaired) electrons. The molecule has 2 N–H and O–H groups in total. The van der Waals surface area contributed by atoms with Crippen LogP contribution in [0.5, 0.6) is 0 Å². The van der Waals surface area contributed by atoms with Crippen LogP contribution in [0.2, 0.25) is 0 Å². The van der Waals surface area contributed by atoms with E-state index in [-0.39, 0.29) is 5.41 Å². The van der Waals surface area contributed by atoms with Crippen molar-refractivity contribution < 1.29 is 0 Å². The molecule has 51 heavy (non-hydrogen) atoms. The SMILES string of the molecule is CC1(C)c2ccccc2-c2c(N(c3ccc(-c4ccccc4)cc3)c3ccc4c5c(ccc4c3)C=C/C(=N/Nc3ccccc3)C5=N)cccc21. The van der Waals surface area contributed by atoms with Gasteiger partial charge < -0.3 is 4.90 Å². The highest BCUT2D eigenvalue weighted by Crippen LogP contribution is 2.54. The predicted octanol–water partition coefficient (Wildman–Crippen LogP) is 12.1. The van der Waals surface area contributed by atoms with Gasteiger partial charge in [0.15, 0.2) is 0 Å². The van der Waals surface area contributed by atoms with Crippen LogP contribution in [0.1, 0.15) is 36.1 Å². The van der Waals surface area contributed by atoms with Crippen molar-refractivity contribution in [2.75, 3.05) is 10.3 Å². The molecule has 2 aliphatic carbocycles. The summed E-state index contributed by atoms with van der Waals surface area (Å²) in [5, 5.41) is 15.9. The molecule has 9 rings (SSSR count). The summed E-state index contributed by atoms with van der Waals surface area (Å²) in [4.78, 5) is 2.40. The lowest BCUT2D eigenvalue weighted by atomic mass is 9.82. The lowest BCUT2D eigenvalue weighted by Crippen LogP contribution is -2.19. The fourth-order valence-electron chi connectivity index (χ4n) is 7.78. The summed E-state index contributed by atoms with van der Waals surface area (Å²) in [5.41, 5.74) is 17.7. The molecule has 0 unspecified atom stereocenters. The topological polar surface area (TPSA) is 51.5 Å². The van der Waals surface area contributed by atoms with Crippen molar-refractivity contribution in [1.29, 1.82) is 5.41 Å². The maximum atomic E-state index is 9.23. The standard InChI is InChI=1S/C47H36N4/c1-47(2)40-17-10-9-16-39(40)45-41(47)18-11-19-43(45)51(36-25-22-32(23-26-36)31-12-5-3-6-13-31)37-27-28-38-34(30-37)21-20-33-24-29-42(46(48)44(33)38)50-49-35-14-7-4-8-15-35/h3-30,48-49H,1-2H3/b48-46?,50-42-. The molecule has 7 aromatic carbocycles. The third kappa shape index (κ3) is 5.15. The second kappa shape index (κ2) is 12.1. The Hall–Kier alpha value is -6.52. The molecule has 0 heterocycles. The fraction of sp³-hybridized carbons (Fsp3) is 0.0638. The van der Waals surface area contributed by atoms with Gasteiger partial charge in [0.1, 0.15) is 5.71 Å². The molecular formula is C47H36N4. The van der Waals surface area contributed by atoms with E-state index in [1.54, 1.807) is 0 Å². The summed E-state index contributed by atoms with van der Waals surface area (Å²) in [7, 11) is 0. The number of hydrogen-bond donors (Lipinski definition) is 2. The van der Waals surface area contributed by atoms with Gasteiger partial charge in [-0.05, 0) is 92.7 Å². The minimum absolute atomic E-state index is 0.115. The molecule has 4 heteroatoms. The van der Waals surface area contributed by atoms with E-state index < -0.39 is 0 Å². The zero-order valence-electron chi connectivity index (χ0n) is 28.6. The number of anilines is 4. The second-order valence-electron chi connectivity index (χ2n) is 13.7. The molecule has 0 fully saturated rings. The van der Waals surface area contributed by atoms with Gasteiger partial charge in [0.25, 0.3) is 0 Å². The molecular weight excluding hydrogens is 621 g/mol. The zero-order chi connectivity index (χ0) is 34.5. The minimum Gasteiger partial charge on any atom is -0.310 e. The fourth-order valence-corrected chi connectivity index (χ4v) is 7.78. The van der Waals surface area contributed by atoms with Crippen molar-refractivity contribution in [3.05, 3.63) is 186 Å². The van der Waals surface area contributed by atoms with Crippen LogP contribution in [-0.4, -0.2) is 11.4 Å². The monoisotopic (exact) mass is 656 g/mol. The van der Waals surface area contributed by atoms with Crippen LogP contribution in [-0.2, 0) is 5.41 Å². The Balaban J connectivity index is 1.18. The van der Waals surface area contributed by atoms with Crippen LogP contribution in [0.4, 0.5) is 22.7 Å². The van der Waals surface area contributed by atoms with E-state index in [0.717, 1.165) is 44.6 Å². The molecule has 7 aromatic rings. The van der Waals surface area contributed by atoms with Crippen molar-refractivity contribution in [2.45, 2.75) is 19.3 Å². The lowest BCUT2D eigenvalue weighted by Gasteiger charge is -2.29. The number of hydrazone groups is 1. The molecule has 0 bridgehead atoms. The van der Waals surface area contributed by atoms with Gasteiger partial charge in [0.05, 0.1) is 17.1 Å². The first-order valence-electron chi connectivity index (χ1n) is 17.4. The molecule has 0 aliphatic heterocycles. The quantitative estimate of drug-likeness (QED) is 0.175. The van der Waals surface area contributed by atoms with Gasteiger partial charge in [-0.25, -0.2) is 0 Å². The lowest BCUT2D eigenvalue weighted by molar-refractivity contribution is 0.660. The molecule has 0 amide bonds. The maximum Gasteiger partial charge on any atom is 0.109 e. The van der Waals surface area contributed by atoms with E-state index in [9.17, 15) is 5.41 Å². The number of rotatable bonds is 6. The number of allylic oxidation sites excluding steroid dienone is 1. The van der Waals surface area contributed by atoms with E-state index in [1.807, 2.05) is 36.4 Å². The normalized spacial score (nSPS) is 14.6. The Kier molecular flexibility index (Phi) is 7.25. The number of nitrogens with one attached hydrogen (secondary N) is 2. The van der Waals surface area contributed by atoms with Crippen LogP contribution < -0.4 is 10.3 Å². The van der Waals surface area contributed by atoms with Gasteiger partial charge in [0, 0.05) is 27.9 Å². The summed E-state index contributed by atoms with van der Waals surface area (Å²) >= 11 is 0. The molecule has 244 valence electrons.